The van der Waals surface area contributed by atoms with E-state index in [4.69, 9.17) is 9.84 Å². The van der Waals surface area contributed by atoms with E-state index in [1.165, 1.54) is 7.11 Å². The number of rotatable bonds is 8. The maximum atomic E-state index is 11.5. The van der Waals surface area contributed by atoms with Gasteiger partial charge >= 0.3 is 12.0 Å². The van der Waals surface area contributed by atoms with E-state index in [9.17, 15) is 9.59 Å². The van der Waals surface area contributed by atoms with Crippen LogP contribution >= 0.6 is 0 Å². The quantitative estimate of drug-likeness (QED) is 0.663. The van der Waals surface area contributed by atoms with Crippen LogP contribution in [-0.4, -0.2) is 43.4 Å². The number of carbonyl (C=O) groups excluding carboxylic acids is 1. The minimum absolute atomic E-state index is 0.138. The van der Waals surface area contributed by atoms with Crippen LogP contribution in [0.5, 0.6) is 0 Å². The molecule has 0 aliphatic rings. The molecule has 20 heavy (non-hydrogen) atoms. The zero-order valence-electron chi connectivity index (χ0n) is 11.5. The first-order chi connectivity index (χ1) is 9.61. The van der Waals surface area contributed by atoms with Crippen LogP contribution in [0.3, 0.4) is 0 Å². The predicted octanol–water partition coefficient (Wildman–Crippen LogP) is 1.02. The van der Waals surface area contributed by atoms with Crippen LogP contribution in [0.2, 0.25) is 0 Å². The summed E-state index contributed by atoms with van der Waals surface area (Å²) in [5, 5.41) is 13.9. The van der Waals surface area contributed by atoms with Crippen LogP contribution in [0.1, 0.15) is 12.0 Å². The van der Waals surface area contributed by atoms with Gasteiger partial charge in [0.15, 0.2) is 0 Å². The molecule has 1 aromatic carbocycles. The molecule has 110 valence electrons. The molecule has 6 heteroatoms. The van der Waals surface area contributed by atoms with Gasteiger partial charge in [-0.05, 0) is 12.0 Å². The predicted molar refractivity (Wildman–Crippen MR) is 74.6 cm³/mol. The fourth-order valence-corrected chi connectivity index (χ4v) is 1.67. The maximum Gasteiger partial charge on any atom is 0.314 e. The van der Waals surface area contributed by atoms with Gasteiger partial charge in [-0.15, -0.1) is 0 Å². The number of carboxylic acids is 1. The summed E-state index contributed by atoms with van der Waals surface area (Å²) in [5.41, 5.74) is 1.15. The average molecular weight is 280 g/mol. The van der Waals surface area contributed by atoms with Gasteiger partial charge in [-0.25, -0.2) is 4.79 Å². The van der Waals surface area contributed by atoms with Gasteiger partial charge in [0.05, 0.1) is 12.5 Å². The normalized spacial score (nSPS) is 11.7. The molecule has 0 saturated carbocycles. The van der Waals surface area contributed by atoms with Crippen molar-refractivity contribution < 1.29 is 19.4 Å². The lowest BCUT2D eigenvalue weighted by Gasteiger charge is -2.14. The summed E-state index contributed by atoms with van der Waals surface area (Å²) < 4.78 is 4.96. The fourth-order valence-electron chi connectivity index (χ4n) is 1.67. The first kappa shape index (κ1) is 16.0. The fraction of sp³-hybridized carbons (Fsp3) is 0.429. The number of hydrogen-bond acceptors (Lipinski definition) is 3. The van der Waals surface area contributed by atoms with Gasteiger partial charge in [-0.1, -0.05) is 30.3 Å². The van der Waals surface area contributed by atoms with Gasteiger partial charge in [0, 0.05) is 20.2 Å². The SMILES string of the molecule is COC(CNC(=O)NCCc1ccccc1)CC(=O)O. The highest BCUT2D eigenvalue weighted by molar-refractivity contribution is 5.74. The molecule has 1 aromatic rings. The third-order valence-electron chi connectivity index (χ3n) is 2.77. The second-order valence-electron chi connectivity index (χ2n) is 4.33. The van der Waals surface area contributed by atoms with Gasteiger partial charge in [0.2, 0.25) is 0 Å². The monoisotopic (exact) mass is 280 g/mol. The highest BCUT2D eigenvalue weighted by atomic mass is 16.5. The Balaban J connectivity index is 2.18. The Morgan fingerprint density at radius 1 is 1.25 bits per heavy atom. The highest BCUT2D eigenvalue weighted by Crippen LogP contribution is 1.98. The Bertz CT molecular complexity index is 422. The van der Waals surface area contributed by atoms with E-state index < -0.39 is 12.1 Å². The van der Waals surface area contributed by atoms with Gasteiger partial charge in [-0.2, -0.15) is 0 Å². The van der Waals surface area contributed by atoms with Crippen molar-refractivity contribution in [3.8, 4) is 0 Å². The number of carboxylic acid groups (broad SMARTS) is 1. The first-order valence-corrected chi connectivity index (χ1v) is 6.42. The molecule has 0 spiro atoms. The third-order valence-corrected chi connectivity index (χ3v) is 2.77. The van der Waals surface area contributed by atoms with Gasteiger partial charge < -0.3 is 20.5 Å². The highest BCUT2D eigenvalue weighted by Gasteiger charge is 2.13. The molecule has 0 radical (unpaired) electrons. The largest absolute Gasteiger partial charge is 0.481 e. The maximum absolute atomic E-state index is 11.5. The molecular weight excluding hydrogens is 260 g/mol. The molecule has 1 atom stereocenters. The zero-order chi connectivity index (χ0) is 14.8. The van der Waals surface area contributed by atoms with Crippen molar-refractivity contribution in [1.82, 2.24) is 10.6 Å². The van der Waals surface area contributed by atoms with Crippen LogP contribution in [0.4, 0.5) is 4.79 Å². The molecule has 0 heterocycles. The van der Waals surface area contributed by atoms with Crippen LogP contribution in [0, 0.1) is 0 Å². The van der Waals surface area contributed by atoms with Crippen molar-refractivity contribution in [3.05, 3.63) is 35.9 Å². The number of methoxy groups -OCH3 is 1. The smallest absolute Gasteiger partial charge is 0.314 e. The topological polar surface area (TPSA) is 87.7 Å². The van der Waals surface area contributed by atoms with Crippen LogP contribution in [0.25, 0.3) is 0 Å². The van der Waals surface area contributed by atoms with E-state index in [-0.39, 0.29) is 19.0 Å². The molecule has 0 aliphatic heterocycles. The number of amides is 2. The number of aliphatic carboxylic acids is 1. The molecule has 3 N–H and O–H groups in total. The van der Waals surface area contributed by atoms with E-state index in [1.807, 2.05) is 30.3 Å². The van der Waals surface area contributed by atoms with E-state index in [2.05, 4.69) is 10.6 Å². The molecular formula is C14H20N2O4. The molecule has 1 unspecified atom stereocenters. The Hall–Kier alpha value is -2.08. The van der Waals surface area contributed by atoms with E-state index in [1.54, 1.807) is 0 Å². The number of ether oxygens (including phenoxy) is 1. The van der Waals surface area contributed by atoms with Crippen molar-refractivity contribution in [3.63, 3.8) is 0 Å². The molecule has 0 bridgehead atoms. The minimum Gasteiger partial charge on any atom is -0.481 e. The van der Waals surface area contributed by atoms with E-state index in [0.29, 0.717) is 6.54 Å². The molecule has 0 saturated heterocycles. The Kier molecular flexibility index (Phi) is 7.13. The van der Waals surface area contributed by atoms with Crippen LogP contribution < -0.4 is 10.6 Å². The Labute approximate surface area is 118 Å². The van der Waals surface area contributed by atoms with E-state index >= 15 is 0 Å². The second-order valence-corrected chi connectivity index (χ2v) is 4.33. The number of nitrogens with one attached hydrogen (secondary N) is 2. The molecule has 1 rings (SSSR count). The van der Waals surface area contributed by atoms with Crippen molar-refractivity contribution in [1.29, 1.82) is 0 Å². The van der Waals surface area contributed by atoms with Crippen LogP contribution in [-0.2, 0) is 16.0 Å². The van der Waals surface area contributed by atoms with Crippen molar-refractivity contribution in [2.24, 2.45) is 0 Å². The Morgan fingerprint density at radius 2 is 1.95 bits per heavy atom. The Morgan fingerprint density at radius 3 is 2.55 bits per heavy atom. The van der Waals surface area contributed by atoms with Crippen molar-refractivity contribution >= 4 is 12.0 Å². The number of benzene rings is 1. The standard InChI is InChI=1S/C14H20N2O4/c1-20-12(9-13(17)18)10-16-14(19)15-8-7-11-5-3-2-4-6-11/h2-6,12H,7-10H2,1H3,(H,17,18)(H2,15,16,19). The summed E-state index contributed by atoms with van der Waals surface area (Å²) in [4.78, 5) is 22.0. The summed E-state index contributed by atoms with van der Waals surface area (Å²) >= 11 is 0. The van der Waals surface area contributed by atoms with Crippen LogP contribution in [0.15, 0.2) is 30.3 Å². The molecule has 0 fully saturated rings. The van der Waals surface area contributed by atoms with Gasteiger partial charge in [0.1, 0.15) is 0 Å². The molecule has 6 nitrogen and oxygen atoms in total. The van der Waals surface area contributed by atoms with Gasteiger partial charge in [0.25, 0.3) is 0 Å². The summed E-state index contributed by atoms with van der Waals surface area (Å²) in [6.07, 6.45) is 0.0881. The third kappa shape index (κ3) is 6.75. The van der Waals surface area contributed by atoms with Gasteiger partial charge in [-0.3, -0.25) is 4.79 Å². The molecule has 2 amide bonds. The summed E-state index contributed by atoms with van der Waals surface area (Å²) in [7, 11) is 1.42. The lowest BCUT2D eigenvalue weighted by Crippen LogP contribution is -2.41. The number of carbonyl (C=O) groups is 2. The number of urea groups is 1. The second kappa shape index (κ2) is 8.92. The molecule has 0 aromatic heterocycles. The van der Waals surface area contributed by atoms with E-state index in [0.717, 1.165) is 12.0 Å². The summed E-state index contributed by atoms with van der Waals surface area (Å²) in [5.74, 6) is -0.955. The lowest BCUT2D eigenvalue weighted by atomic mass is 10.1. The first-order valence-electron chi connectivity index (χ1n) is 6.42. The van der Waals surface area contributed by atoms with Crippen molar-refractivity contribution in [2.75, 3.05) is 20.2 Å². The molecule has 0 aliphatic carbocycles. The van der Waals surface area contributed by atoms with Crippen molar-refractivity contribution in [2.45, 2.75) is 18.9 Å². The summed E-state index contributed by atoms with van der Waals surface area (Å²) in [6.45, 7) is 0.687. The lowest BCUT2D eigenvalue weighted by molar-refractivity contribution is -0.139. The number of hydrogen-bond donors (Lipinski definition) is 3. The minimum atomic E-state index is -0.955. The average Bonchev–Trinajstić information content (AvgIpc) is 2.44. The summed E-state index contributed by atoms with van der Waals surface area (Å²) in [6, 6.07) is 9.50. The zero-order valence-corrected chi connectivity index (χ0v) is 11.5.